The Hall–Kier alpha value is -1.78. The van der Waals surface area contributed by atoms with E-state index in [0.717, 1.165) is 29.7 Å². The molecule has 2 aromatic heterocycles. The molecule has 2 heterocycles. The molecule has 0 amide bonds. The highest BCUT2D eigenvalue weighted by Gasteiger charge is 2.12. The van der Waals surface area contributed by atoms with Crippen molar-refractivity contribution in [3.05, 3.63) is 58.2 Å². The minimum absolute atomic E-state index is 0.365. The molecule has 0 aliphatic rings. The van der Waals surface area contributed by atoms with Crippen LogP contribution in [-0.2, 0) is 12.8 Å². The lowest BCUT2D eigenvalue weighted by Gasteiger charge is -2.14. The largest absolute Gasteiger partial charge is 0.316 e. The summed E-state index contributed by atoms with van der Waals surface area (Å²) in [6, 6.07) is 12.9. The van der Waals surface area contributed by atoms with E-state index in [4.69, 9.17) is 4.98 Å². The molecular weight excluding hydrogens is 278 g/mol. The molecule has 1 aromatic carbocycles. The lowest BCUT2D eigenvalue weighted by molar-refractivity contribution is 0.549. The summed E-state index contributed by atoms with van der Waals surface area (Å²) in [4.78, 5) is 9.30. The van der Waals surface area contributed by atoms with Crippen LogP contribution in [0.5, 0.6) is 0 Å². The number of hydrogen-bond acceptors (Lipinski definition) is 4. The van der Waals surface area contributed by atoms with Crippen molar-refractivity contribution in [2.24, 2.45) is 0 Å². The Morgan fingerprint density at radius 2 is 1.95 bits per heavy atom. The van der Waals surface area contributed by atoms with E-state index < -0.39 is 0 Å². The smallest absolute Gasteiger partial charge is 0.0943 e. The van der Waals surface area contributed by atoms with Crippen LogP contribution in [0.1, 0.15) is 16.4 Å². The first kappa shape index (κ1) is 14.2. The Kier molecular flexibility index (Phi) is 4.27. The van der Waals surface area contributed by atoms with Crippen LogP contribution < -0.4 is 5.32 Å². The molecule has 3 nitrogen and oxygen atoms in total. The van der Waals surface area contributed by atoms with Crippen molar-refractivity contribution in [3.63, 3.8) is 0 Å². The van der Waals surface area contributed by atoms with E-state index in [1.807, 2.05) is 26.1 Å². The SMILES string of the molecule is CNC(Cc1ccc2ccccc2n1)Cc1nc(C)cs1. The minimum Gasteiger partial charge on any atom is -0.316 e. The zero-order valence-corrected chi connectivity index (χ0v) is 13.2. The van der Waals surface area contributed by atoms with Crippen LogP contribution in [0.3, 0.4) is 0 Å². The molecule has 108 valence electrons. The first-order valence-corrected chi connectivity index (χ1v) is 8.05. The van der Waals surface area contributed by atoms with Gasteiger partial charge >= 0.3 is 0 Å². The Morgan fingerprint density at radius 1 is 1.10 bits per heavy atom. The van der Waals surface area contributed by atoms with Gasteiger partial charge in [-0.05, 0) is 26.1 Å². The lowest BCUT2D eigenvalue weighted by Crippen LogP contribution is -2.30. The zero-order chi connectivity index (χ0) is 14.7. The van der Waals surface area contributed by atoms with Gasteiger partial charge in [0.2, 0.25) is 0 Å². The van der Waals surface area contributed by atoms with Crippen molar-refractivity contribution in [1.29, 1.82) is 0 Å². The zero-order valence-electron chi connectivity index (χ0n) is 12.3. The van der Waals surface area contributed by atoms with E-state index in [2.05, 4.69) is 39.9 Å². The fourth-order valence-corrected chi connectivity index (χ4v) is 3.31. The number of rotatable bonds is 5. The first-order valence-electron chi connectivity index (χ1n) is 7.17. The third-order valence-corrected chi connectivity index (χ3v) is 4.60. The van der Waals surface area contributed by atoms with Gasteiger partial charge in [-0.1, -0.05) is 24.3 Å². The summed E-state index contributed by atoms with van der Waals surface area (Å²) in [6.45, 7) is 2.04. The second kappa shape index (κ2) is 6.33. The van der Waals surface area contributed by atoms with E-state index in [-0.39, 0.29) is 0 Å². The number of pyridine rings is 1. The number of hydrogen-bond donors (Lipinski definition) is 1. The maximum atomic E-state index is 4.75. The van der Waals surface area contributed by atoms with Gasteiger partial charge in [-0.3, -0.25) is 4.98 Å². The maximum Gasteiger partial charge on any atom is 0.0943 e. The van der Waals surface area contributed by atoms with Gasteiger partial charge in [0.05, 0.1) is 10.5 Å². The normalized spacial score (nSPS) is 12.7. The van der Waals surface area contributed by atoms with Crippen molar-refractivity contribution in [2.45, 2.75) is 25.8 Å². The average molecular weight is 297 g/mol. The van der Waals surface area contributed by atoms with Crippen LogP contribution >= 0.6 is 11.3 Å². The second-order valence-corrected chi connectivity index (χ2v) is 6.21. The van der Waals surface area contributed by atoms with Crippen molar-refractivity contribution in [3.8, 4) is 0 Å². The van der Waals surface area contributed by atoms with Gasteiger partial charge in [-0.15, -0.1) is 11.3 Å². The molecule has 4 heteroatoms. The lowest BCUT2D eigenvalue weighted by atomic mass is 10.1. The molecule has 0 aliphatic carbocycles. The summed E-state index contributed by atoms with van der Waals surface area (Å²) >= 11 is 1.73. The number of aryl methyl sites for hydroxylation is 1. The number of benzene rings is 1. The van der Waals surface area contributed by atoms with E-state index in [9.17, 15) is 0 Å². The molecule has 0 saturated heterocycles. The fraction of sp³-hybridized carbons (Fsp3) is 0.294. The highest BCUT2D eigenvalue weighted by Crippen LogP contribution is 2.15. The first-order chi connectivity index (χ1) is 10.2. The molecule has 0 aliphatic heterocycles. The molecule has 0 fully saturated rings. The molecule has 3 aromatic rings. The van der Waals surface area contributed by atoms with Gasteiger partial charge in [-0.2, -0.15) is 0 Å². The van der Waals surface area contributed by atoms with Crippen molar-refractivity contribution in [2.75, 3.05) is 7.05 Å². The number of nitrogens with one attached hydrogen (secondary N) is 1. The van der Waals surface area contributed by atoms with Crippen molar-refractivity contribution >= 4 is 22.2 Å². The predicted molar refractivity (Wildman–Crippen MR) is 88.8 cm³/mol. The molecule has 0 radical (unpaired) electrons. The Labute approximate surface area is 129 Å². The highest BCUT2D eigenvalue weighted by atomic mass is 32.1. The molecule has 1 N–H and O–H groups in total. The van der Waals surface area contributed by atoms with Crippen LogP contribution in [0.4, 0.5) is 0 Å². The van der Waals surface area contributed by atoms with Crippen molar-refractivity contribution < 1.29 is 0 Å². The topological polar surface area (TPSA) is 37.8 Å². The van der Waals surface area contributed by atoms with Crippen LogP contribution in [0.25, 0.3) is 10.9 Å². The van der Waals surface area contributed by atoms with Crippen LogP contribution in [-0.4, -0.2) is 23.1 Å². The molecule has 3 rings (SSSR count). The van der Waals surface area contributed by atoms with Gasteiger partial charge in [0.25, 0.3) is 0 Å². The Balaban J connectivity index is 1.75. The maximum absolute atomic E-state index is 4.75. The summed E-state index contributed by atoms with van der Waals surface area (Å²) in [7, 11) is 2.01. The molecular formula is C17H19N3S. The third kappa shape index (κ3) is 3.46. The Morgan fingerprint density at radius 3 is 2.71 bits per heavy atom. The molecule has 0 spiro atoms. The number of fused-ring (bicyclic) bond motifs is 1. The number of aromatic nitrogens is 2. The summed E-state index contributed by atoms with van der Waals surface area (Å²) < 4.78 is 0. The number of thiazole rings is 1. The van der Waals surface area contributed by atoms with Gasteiger partial charge in [0, 0.05) is 41.0 Å². The number of para-hydroxylation sites is 1. The van der Waals surface area contributed by atoms with Crippen LogP contribution in [0.2, 0.25) is 0 Å². The fourth-order valence-electron chi connectivity index (χ4n) is 2.46. The molecule has 0 bridgehead atoms. The van der Waals surface area contributed by atoms with Crippen molar-refractivity contribution in [1.82, 2.24) is 15.3 Å². The number of nitrogens with zero attached hydrogens (tertiary/aromatic N) is 2. The second-order valence-electron chi connectivity index (χ2n) is 5.27. The quantitative estimate of drug-likeness (QED) is 0.784. The van der Waals surface area contributed by atoms with Crippen LogP contribution in [0.15, 0.2) is 41.8 Å². The predicted octanol–water partition coefficient (Wildman–Crippen LogP) is 3.37. The average Bonchev–Trinajstić information content (AvgIpc) is 2.91. The molecule has 1 atom stereocenters. The summed E-state index contributed by atoms with van der Waals surface area (Å²) in [5, 5.41) is 7.87. The molecule has 0 saturated carbocycles. The summed E-state index contributed by atoms with van der Waals surface area (Å²) in [6.07, 6.45) is 1.86. The monoisotopic (exact) mass is 297 g/mol. The third-order valence-electron chi connectivity index (χ3n) is 3.61. The minimum atomic E-state index is 0.365. The highest BCUT2D eigenvalue weighted by molar-refractivity contribution is 7.09. The summed E-state index contributed by atoms with van der Waals surface area (Å²) in [5.41, 5.74) is 3.30. The van der Waals surface area contributed by atoms with E-state index >= 15 is 0 Å². The van der Waals surface area contributed by atoms with Gasteiger partial charge < -0.3 is 5.32 Å². The van der Waals surface area contributed by atoms with E-state index in [0.29, 0.717) is 6.04 Å². The Bertz CT molecular complexity index is 735. The molecule has 21 heavy (non-hydrogen) atoms. The van der Waals surface area contributed by atoms with Gasteiger partial charge in [0.15, 0.2) is 0 Å². The number of likely N-dealkylation sites (N-methyl/N-ethyl adjacent to an activating group) is 1. The van der Waals surface area contributed by atoms with Gasteiger partial charge in [0.1, 0.15) is 0 Å². The standard InChI is InChI=1S/C17H19N3S/c1-12-11-21-17(19-12)10-15(18-2)9-14-8-7-13-5-3-4-6-16(13)20-14/h3-8,11,15,18H,9-10H2,1-2H3. The van der Waals surface area contributed by atoms with E-state index in [1.165, 1.54) is 10.4 Å². The van der Waals surface area contributed by atoms with E-state index in [1.54, 1.807) is 11.3 Å². The molecule has 1 unspecified atom stereocenters. The van der Waals surface area contributed by atoms with Crippen LogP contribution in [0, 0.1) is 6.92 Å². The summed E-state index contributed by atoms with van der Waals surface area (Å²) in [5.74, 6) is 0. The van der Waals surface area contributed by atoms with Gasteiger partial charge in [-0.25, -0.2) is 4.98 Å².